The highest BCUT2D eigenvalue weighted by Crippen LogP contribution is 2.32. The van der Waals surface area contributed by atoms with Crippen LogP contribution in [0.1, 0.15) is 63.8 Å². The van der Waals surface area contributed by atoms with Gasteiger partial charge in [-0.05, 0) is 35.7 Å². The summed E-state index contributed by atoms with van der Waals surface area (Å²) in [6.07, 6.45) is -0.387. The summed E-state index contributed by atoms with van der Waals surface area (Å²) in [5.74, 6) is -2.01. The molecule has 0 aromatic heterocycles. The number of phenols is 1. The third-order valence-electron chi connectivity index (χ3n) is 4.20. The molecule has 6 heteroatoms. The van der Waals surface area contributed by atoms with E-state index in [1.807, 2.05) is 20.8 Å². The van der Waals surface area contributed by atoms with Crippen LogP contribution in [0.15, 0.2) is 36.4 Å². The zero-order valence-corrected chi connectivity index (χ0v) is 15.7. The predicted octanol–water partition coefficient (Wildman–Crippen LogP) is 3.85. The van der Waals surface area contributed by atoms with Crippen LogP contribution in [0.5, 0.6) is 11.5 Å². The molecular weight excluding hydrogens is 348 g/mol. The first-order valence-corrected chi connectivity index (χ1v) is 8.36. The van der Waals surface area contributed by atoms with Crippen molar-refractivity contribution in [3.8, 4) is 11.5 Å². The Kier molecular flexibility index (Phi) is 5.69. The fourth-order valence-corrected chi connectivity index (χ4v) is 2.70. The maximum Gasteiger partial charge on any atom is 0.339 e. The van der Waals surface area contributed by atoms with Crippen molar-refractivity contribution in [2.75, 3.05) is 7.11 Å². The van der Waals surface area contributed by atoms with E-state index in [0.29, 0.717) is 11.3 Å². The van der Waals surface area contributed by atoms with Crippen LogP contribution in [0.4, 0.5) is 0 Å². The molecule has 0 radical (unpaired) electrons. The third kappa shape index (κ3) is 4.53. The Morgan fingerprint density at radius 1 is 0.963 bits per heavy atom. The minimum absolute atomic E-state index is 0.0791. The van der Waals surface area contributed by atoms with E-state index in [-0.39, 0.29) is 28.7 Å². The monoisotopic (exact) mass is 370 g/mol. The number of carboxylic acids is 1. The average Bonchev–Trinajstić information content (AvgIpc) is 2.59. The molecule has 0 atom stereocenters. The van der Waals surface area contributed by atoms with Gasteiger partial charge in [-0.1, -0.05) is 26.8 Å². The number of aromatic carboxylic acids is 1. The summed E-state index contributed by atoms with van der Waals surface area (Å²) >= 11 is 0. The van der Waals surface area contributed by atoms with Crippen molar-refractivity contribution in [3.05, 3.63) is 58.7 Å². The molecule has 6 nitrogen and oxygen atoms in total. The number of aromatic hydroxyl groups is 1. The van der Waals surface area contributed by atoms with E-state index >= 15 is 0 Å². The number of carboxylic acid groups (broad SMARTS) is 1. The van der Waals surface area contributed by atoms with Crippen molar-refractivity contribution in [2.45, 2.75) is 32.6 Å². The van der Waals surface area contributed by atoms with E-state index < -0.39 is 17.5 Å². The van der Waals surface area contributed by atoms with Crippen molar-refractivity contribution in [1.82, 2.24) is 0 Å². The Bertz CT molecular complexity index is 905. The number of ketones is 2. The van der Waals surface area contributed by atoms with E-state index in [0.717, 1.165) is 17.7 Å². The molecule has 0 aliphatic heterocycles. The molecule has 0 unspecified atom stereocenters. The lowest BCUT2D eigenvalue weighted by Gasteiger charge is -2.22. The van der Waals surface area contributed by atoms with Crippen LogP contribution in [0.25, 0.3) is 0 Å². The van der Waals surface area contributed by atoms with Gasteiger partial charge in [-0.2, -0.15) is 0 Å². The normalized spacial score (nSPS) is 11.1. The van der Waals surface area contributed by atoms with Gasteiger partial charge >= 0.3 is 5.97 Å². The summed E-state index contributed by atoms with van der Waals surface area (Å²) in [4.78, 5) is 35.8. The van der Waals surface area contributed by atoms with Gasteiger partial charge in [0, 0.05) is 16.7 Å². The Balaban J connectivity index is 2.26. The second kappa shape index (κ2) is 7.61. The van der Waals surface area contributed by atoms with Gasteiger partial charge in [0.1, 0.15) is 17.1 Å². The maximum atomic E-state index is 12.5. The molecule has 2 N–H and O–H groups in total. The summed E-state index contributed by atoms with van der Waals surface area (Å²) in [5, 5.41) is 18.6. The predicted molar refractivity (Wildman–Crippen MR) is 100 cm³/mol. The standard InChI is InChI=1S/C21H22O6/c1-21(2,3)15-9-12(6-8-19(15)27-4)16(22)11-17(23)13-5-7-14(20(25)26)18(24)10-13/h5-10,24H,11H2,1-4H3,(H,25,26). The molecule has 142 valence electrons. The van der Waals surface area contributed by atoms with Gasteiger partial charge in [-0.25, -0.2) is 4.79 Å². The molecule has 0 bridgehead atoms. The van der Waals surface area contributed by atoms with Crippen LogP contribution in [-0.4, -0.2) is 34.9 Å². The Morgan fingerprint density at radius 2 is 1.52 bits per heavy atom. The lowest BCUT2D eigenvalue weighted by atomic mass is 9.84. The quantitative estimate of drug-likeness (QED) is 0.592. The maximum absolute atomic E-state index is 12.5. The molecule has 0 spiro atoms. The summed E-state index contributed by atoms with van der Waals surface area (Å²) in [6.45, 7) is 5.99. The molecule has 2 aromatic rings. The fraction of sp³-hybridized carbons (Fsp3) is 0.286. The smallest absolute Gasteiger partial charge is 0.339 e. The number of benzene rings is 2. The molecule has 0 aliphatic carbocycles. The number of carbonyl (C=O) groups is 3. The SMILES string of the molecule is COc1ccc(C(=O)CC(=O)c2ccc(C(=O)O)c(O)c2)cc1C(C)(C)C. The van der Waals surface area contributed by atoms with Gasteiger partial charge in [0.15, 0.2) is 11.6 Å². The van der Waals surface area contributed by atoms with Crippen LogP contribution in [0.2, 0.25) is 0 Å². The number of hydrogen-bond acceptors (Lipinski definition) is 5. The average molecular weight is 370 g/mol. The van der Waals surface area contributed by atoms with Gasteiger partial charge in [0.25, 0.3) is 0 Å². The van der Waals surface area contributed by atoms with Gasteiger partial charge in [-0.15, -0.1) is 0 Å². The highest BCUT2D eigenvalue weighted by atomic mass is 16.5. The number of rotatable bonds is 6. The van der Waals surface area contributed by atoms with Crippen molar-refractivity contribution in [1.29, 1.82) is 0 Å². The molecule has 0 fully saturated rings. The van der Waals surface area contributed by atoms with E-state index in [4.69, 9.17) is 9.84 Å². The second-order valence-corrected chi connectivity index (χ2v) is 7.23. The topological polar surface area (TPSA) is 101 Å². The largest absolute Gasteiger partial charge is 0.507 e. The number of Topliss-reactive ketones (excluding diaryl/α,β-unsaturated/α-hetero) is 2. The van der Waals surface area contributed by atoms with Crippen LogP contribution in [0.3, 0.4) is 0 Å². The minimum atomic E-state index is -1.30. The zero-order valence-electron chi connectivity index (χ0n) is 15.7. The van der Waals surface area contributed by atoms with Crippen molar-refractivity contribution < 1.29 is 29.3 Å². The first-order chi connectivity index (χ1) is 12.5. The van der Waals surface area contributed by atoms with Crippen molar-refractivity contribution in [3.63, 3.8) is 0 Å². The molecule has 0 heterocycles. The molecular formula is C21H22O6. The van der Waals surface area contributed by atoms with Crippen LogP contribution in [0, 0.1) is 0 Å². The third-order valence-corrected chi connectivity index (χ3v) is 4.20. The molecule has 2 rings (SSSR count). The van der Waals surface area contributed by atoms with Crippen molar-refractivity contribution >= 4 is 17.5 Å². The molecule has 0 aliphatic rings. The van der Waals surface area contributed by atoms with Crippen LogP contribution >= 0.6 is 0 Å². The van der Waals surface area contributed by atoms with E-state index in [9.17, 15) is 19.5 Å². The summed E-state index contributed by atoms with van der Waals surface area (Å²) < 4.78 is 5.35. The first-order valence-electron chi connectivity index (χ1n) is 8.36. The van der Waals surface area contributed by atoms with E-state index in [1.165, 1.54) is 6.07 Å². The highest BCUT2D eigenvalue weighted by Gasteiger charge is 2.22. The molecule has 27 heavy (non-hydrogen) atoms. The lowest BCUT2D eigenvalue weighted by molar-refractivity contribution is 0.0692. The van der Waals surface area contributed by atoms with Gasteiger partial charge in [-0.3, -0.25) is 9.59 Å². The van der Waals surface area contributed by atoms with Crippen LogP contribution < -0.4 is 4.74 Å². The molecule has 0 amide bonds. The second-order valence-electron chi connectivity index (χ2n) is 7.23. The first kappa shape index (κ1) is 20.2. The Labute approximate surface area is 157 Å². The summed E-state index contributed by atoms with van der Waals surface area (Å²) in [6, 6.07) is 8.52. The zero-order chi connectivity index (χ0) is 20.4. The summed E-state index contributed by atoms with van der Waals surface area (Å²) in [5.41, 5.74) is 0.773. The number of hydrogen-bond donors (Lipinski definition) is 2. The highest BCUT2D eigenvalue weighted by molar-refractivity contribution is 6.14. The number of carbonyl (C=O) groups excluding carboxylic acids is 2. The Morgan fingerprint density at radius 3 is 2.00 bits per heavy atom. The van der Waals surface area contributed by atoms with Crippen LogP contribution in [-0.2, 0) is 5.41 Å². The van der Waals surface area contributed by atoms with Gasteiger partial charge in [0.05, 0.1) is 13.5 Å². The van der Waals surface area contributed by atoms with E-state index in [2.05, 4.69) is 0 Å². The lowest BCUT2D eigenvalue weighted by Crippen LogP contribution is -2.15. The van der Waals surface area contributed by atoms with Gasteiger partial charge < -0.3 is 14.9 Å². The number of ether oxygens (including phenoxy) is 1. The minimum Gasteiger partial charge on any atom is -0.507 e. The number of methoxy groups -OCH3 is 1. The Hall–Kier alpha value is -3.15. The van der Waals surface area contributed by atoms with E-state index in [1.54, 1.807) is 25.3 Å². The fourth-order valence-electron chi connectivity index (χ4n) is 2.70. The molecule has 2 aromatic carbocycles. The van der Waals surface area contributed by atoms with Gasteiger partial charge in [0.2, 0.25) is 0 Å². The molecule has 0 saturated heterocycles. The summed E-state index contributed by atoms with van der Waals surface area (Å²) in [7, 11) is 1.56. The van der Waals surface area contributed by atoms with Crippen molar-refractivity contribution in [2.24, 2.45) is 0 Å². The molecule has 0 saturated carbocycles.